The highest BCUT2D eigenvalue weighted by atomic mass is 16.6. The normalized spacial score (nSPS) is 31.9. The number of ether oxygens (including phenoxy) is 4. The Hall–Kier alpha value is -4.34. The maximum absolute atomic E-state index is 13.1. The average molecular weight is 806 g/mol. The Bertz CT molecular complexity index is 1910. The first kappa shape index (κ1) is 41.8. The molecule has 1 spiro atoms. The lowest BCUT2D eigenvalue weighted by molar-refractivity contribution is -0.166. The Morgan fingerprint density at radius 2 is 1.83 bits per heavy atom. The van der Waals surface area contributed by atoms with Gasteiger partial charge in [-0.25, -0.2) is 4.98 Å². The summed E-state index contributed by atoms with van der Waals surface area (Å²) < 4.78 is 24.2. The number of benzene rings is 2. The zero-order chi connectivity index (χ0) is 41.2. The Morgan fingerprint density at radius 3 is 2.57 bits per heavy atom. The molecule has 2 saturated carbocycles. The molecule has 2 aliphatic heterocycles. The second kappa shape index (κ2) is 17.5. The van der Waals surface area contributed by atoms with Crippen molar-refractivity contribution in [3.05, 3.63) is 65.4 Å². The predicted molar refractivity (Wildman–Crippen MR) is 214 cm³/mol. The lowest BCUT2D eigenvalue weighted by atomic mass is 9.41. The van der Waals surface area contributed by atoms with E-state index >= 15 is 0 Å². The number of phenolic OH excluding ortho intramolecular Hbond substituents is 2. The number of nitrogen functional groups attached to an aromatic ring is 1. The van der Waals surface area contributed by atoms with Crippen LogP contribution in [0.4, 0.5) is 5.82 Å². The van der Waals surface area contributed by atoms with Crippen LogP contribution in [0.3, 0.4) is 0 Å². The third-order valence-electron chi connectivity index (χ3n) is 13.9. The molecule has 1 aromatic heterocycles. The first-order chi connectivity index (χ1) is 27.9. The Labute approximate surface area is 339 Å². The van der Waals surface area contributed by atoms with E-state index < -0.39 is 42.3 Å². The number of nitrogens with zero attached hydrogens (tertiary/aromatic N) is 1. The highest BCUT2D eigenvalue weighted by Gasteiger charge is 2.68. The third kappa shape index (κ3) is 7.89. The fraction of sp³-hybridized carbons (Fsp3) is 0.591. The van der Waals surface area contributed by atoms with E-state index in [0.717, 1.165) is 49.7 Å². The Kier molecular flexibility index (Phi) is 12.6. The number of pyridine rings is 1. The smallest absolute Gasteiger partial charge is 0.304 e. The number of methoxy groups -OCH3 is 1. The molecule has 2 aromatic carbocycles. The minimum Gasteiger partial charge on any atom is -0.504 e. The van der Waals surface area contributed by atoms with Gasteiger partial charge < -0.3 is 60.6 Å². The summed E-state index contributed by atoms with van der Waals surface area (Å²) in [6.07, 6.45) is 7.10. The van der Waals surface area contributed by atoms with E-state index in [4.69, 9.17) is 24.7 Å². The van der Waals surface area contributed by atoms with Gasteiger partial charge in [-0.2, -0.15) is 0 Å². The standard InChI is InChI=1S/C44H59N3O11/c1-25-21-43-13-3-4-29(43)7-9-32(27-11-14-46-39(45)19-27)44(43,22-40(52)53)38(47-25)23-56-37-18-28(17-36(55-2)41(37)54)42-31(12-15-48)34(51)20-30(58-42)8-5-26-6-10-33(50)35(16-26)57-24-49/h6,10-11,14,16-19,25,29-32,34,38,42,47-51,54H,3-5,7-9,12-13,15,20-24H2,1-2H3,(H2,45,46)(H,52,53). The number of phenols is 2. The number of hydrogen-bond donors (Lipinski definition) is 8. The maximum atomic E-state index is 13.1. The van der Waals surface area contributed by atoms with Gasteiger partial charge in [-0.1, -0.05) is 12.5 Å². The van der Waals surface area contributed by atoms with Crippen LogP contribution in [0, 0.1) is 22.7 Å². The Morgan fingerprint density at radius 1 is 1.02 bits per heavy atom. The summed E-state index contributed by atoms with van der Waals surface area (Å²) in [5.74, 6) is -0.542. The molecule has 3 aromatic rings. The van der Waals surface area contributed by atoms with Gasteiger partial charge in [0.05, 0.1) is 31.8 Å². The minimum atomic E-state index is -0.867. The number of aliphatic hydroxyl groups excluding tert-OH is 3. The van der Waals surface area contributed by atoms with Crippen LogP contribution in [-0.4, -0.2) is 93.0 Å². The molecule has 7 rings (SSSR count). The number of aliphatic carboxylic acids is 1. The predicted octanol–water partition coefficient (Wildman–Crippen LogP) is 5.19. The number of aliphatic hydroxyl groups is 3. The van der Waals surface area contributed by atoms with Gasteiger partial charge in [0.2, 0.25) is 5.75 Å². The van der Waals surface area contributed by atoms with Gasteiger partial charge in [0.15, 0.2) is 29.8 Å². The van der Waals surface area contributed by atoms with Crippen LogP contribution in [0.2, 0.25) is 0 Å². The first-order valence-corrected chi connectivity index (χ1v) is 20.7. The van der Waals surface area contributed by atoms with Gasteiger partial charge in [0.25, 0.3) is 0 Å². The van der Waals surface area contributed by atoms with Crippen molar-refractivity contribution in [2.24, 2.45) is 22.7 Å². The van der Waals surface area contributed by atoms with Crippen LogP contribution in [-0.2, 0) is 16.0 Å². The van der Waals surface area contributed by atoms with Crippen molar-refractivity contribution in [1.82, 2.24) is 10.3 Å². The van der Waals surface area contributed by atoms with E-state index in [0.29, 0.717) is 36.6 Å². The molecule has 10 unspecified atom stereocenters. The van der Waals surface area contributed by atoms with Crippen LogP contribution in [0.25, 0.3) is 0 Å². The largest absolute Gasteiger partial charge is 0.504 e. The van der Waals surface area contributed by atoms with Crippen molar-refractivity contribution in [3.63, 3.8) is 0 Å². The topological polar surface area (TPSA) is 226 Å². The van der Waals surface area contributed by atoms with Crippen LogP contribution in [0.15, 0.2) is 48.7 Å². The van der Waals surface area contributed by atoms with E-state index in [1.165, 1.54) is 13.2 Å². The monoisotopic (exact) mass is 805 g/mol. The van der Waals surface area contributed by atoms with Crippen molar-refractivity contribution in [2.75, 3.05) is 32.9 Å². The SMILES string of the molecule is COc1cc(C2OC(CCc3ccc(O)c(OCO)c3)CC(O)C2CCO)cc(OCC2NC(C)CC34CCCC3CCC(c3ccnc(N)c3)C24CC(=O)O)c1O. The molecule has 0 bridgehead atoms. The Balaban J connectivity index is 1.21. The molecule has 0 amide bonds. The average Bonchev–Trinajstić information content (AvgIpc) is 3.61. The molecule has 9 N–H and O–H groups in total. The van der Waals surface area contributed by atoms with Crippen molar-refractivity contribution in [2.45, 2.75) is 114 Å². The molecular weight excluding hydrogens is 746 g/mol. The van der Waals surface area contributed by atoms with Gasteiger partial charge in [-0.15, -0.1) is 0 Å². The first-order valence-electron chi connectivity index (χ1n) is 20.7. The fourth-order valence-electron chi connectivity index (χ4n) is 11.8. The molecule has 14 nitrogen and oxygen atoms in total. The number of nitrogens with one attached hydrogen (secondary N) is 1. The quantitative estimate of drug-likeness (QED) is 0.0926. The van der Waals surface area contributed by atoms with Gasteiger partial charge in [-0.05, 0) is 135 Å². The second-order valence-electron chi connectivity index (χ2n) is 17.0. The number of aryl methyl sites for hydroxylation is 1. The number of rotatable bonds is 15. The van der Waals surface area contributed by atoms with Crippen molar-refractivity contribution in [1.29, 1.82) is 0 Å². The van der Waals surface area contributed by atoms with E-state index in [9.17, 15) is 35.4 Å². The zero-order valence-corrected chi connectivity index (χ0v) is 33.4. The van der Waals surface area contributed by atoms with Crippen LogP contribution >= 0.6 is 0 Å². The maximum Gasteiger partial charge on any atom is 0.304 e. The summed E-state index contributed by atoms with van der Waals surface area (Å²) in [4.78, 5) is 17.3. The van der Waals surface area contributed by atoms with Gasteiger partial charge in [0, 0.05) is 36.2 Å². The van der Waals surface area contributed by atoms with E-state index in [1.54, 1.807) is 30.5 Å². The summed E-state index contributed by atoms with van der Waals surface area (Å²) in [5.41, 5.74) is 7.66. The molecule has 10 atom stereocenters. The second-order valence-corrected chi connectivity index (χ2v) is 17.0. The number of piperidine rings is 1. The van der Waals surface area contributed by atoms with Crippen LogP contribution in [0.5, 0.6) is 28.7 Å². The molecule has 14 heteroatoms. The summed E-state index contributed by atoms with van der Waals surface area (Å²) >= 11 is 0. The van der Waals surface area contributed by atoms with Crippen molar-refractivity contribution >= 4 is 11.8 Å². The number of carboxylic acid groups (broad SMARTS) is 1. The number of aromatic hydroxyl groups is 2. The van der Waals surface area contributed by atoms with Crippen LogP contribution in [0.1, 0.15) is 99.8 Å². The molecule has 58 heavy (non-hydrogen) atoms. The molecule has 2 saturated heterocycles. The summed E-state index contributed by atoms with van der Waals surface area (Å²) in [6, 6.07) is 11.8. The van der Waals surface area contributed by atoms with Crippen LogP contribution < -0.4 is 25.3 Å². The molecular formula is C44H59N3O11. The molecule has 3 heterocycles. The number of carbonyl (C=O) groups is 1. The number of nitrogens with two attached hydrogens (primary N) is 1. The highest BCUT2D eigenvalue weighted by molar-refractivity contribution is 5.69. The van der Waals surface area contributed by atoms with E-state index in [2.05, 4.69) is 17.2 Å². The summed E-state index contributed by atoms with van der Waals surface area (Å²) in [5, 5.41) is 66.9. The third-order valence-corrected chi connectivity index (χ3v) is 13.9. The lowest BCUT2D eigenvalue weighted by Crippen LogP contribution is -2.69. The number of anilines is 1. The van der Waals surface area contributed by atoms with Gasteiger partial charge in [0.1, 0.15) is 12.4 Å². The molecule has 4 fully saturated rings. The van der Waals surface area contributed by atoms with E-state index in [1.807, 2.05) is 12.1 Å². The molecule has 316 valence electrons. The van der Waals surface area contributed by atoms with Gasteiger partial charge >= 0.3 is 5.97 Å². The summed E-state index contributed by atoms with van der Waals surface area (Å²) in [7, 11) is 1.45. The van der Waals surface area contributed by atoms with Crippen molar-refractivity contribution < 1.29 is 54.4 Å². The zero-order valence-electron chi connectivity index (χ0n) is 33.4. The number of hydrogen-bond acceptors (Lipinski definition) is 13. The lowest BCUT2D eigenvalue weighted by Gasteiger charge is -2.66. The highest BCUT2D eigenvalue weighted by Crippen LogP contribution is 2.71. The number of aromatic nitrogens is 1. The number of carboxylic acids is 1. The van der Waals surface area contributed by atoms with Crippen molar-refractivity contribution in [3.8, 4) is 28.7 Å². The molecule has 2 aliphatic carbocycles. The van der Waals surface area contributed by atoms with Gasteiger partial charge in [-0.3, -0.25) is 4.79 Å². The molecule has 0 radical (unpaired) electrons. The minimum absolute atomic E-state index is 0.0581. The summed E-state index contributed by atoms with van der Waals surface area (Å²) in [6.45, 7) is 1.47. The van der Waals surface area contributed by atoms with E-state index in [-0.39, 0.29) is 78.3 Å². The fourth-order valence-corrected chi connectivity index (χ4v) is 11.8. The molecule has 4 aliphatic rings.